The first-order valence-corrected chi connectivity index (χ1v) is 9.71. The summed E-state index contributed by atoms with van der Waals surface area (Å²) in [6.07, 6.45) is 4.32. The van der Waals surface area contributed by atoms with Crippen molar-refractivity contribution in [2.75, 3.05) is 13.1 Å². The summed E-state index contributed by atoms with van der Waals surface area (Å²) in [6, 6.07) is 7.15. The second-order valence-electron chi connectivity index (χ2n) is 7.33. The predicted molar refractivity (Wildman–Crippen MR) is 99.7 cm³/mol. The minimum absolute atomic E-state index is 0.0233. The first-order valence-electron chi connectivity index (χ1n) is 9.71. The Morgan fingerprint density at radius 2 is 2.04 bits per heavy atom. The van der Waals surface area contributed by atoms with Crippen LogP contribution >= 0.6 is 0 Å². The third-order valence-electron chi connectivity index (χ3n) is 5.14. The molecule has 2 amide bonds. The Morgan fingerprint density at radius 1 is 1.25 bits per heavy atom. The minimum Gasteiger partial charge on any atom is -0.481 e. The zero-order valence-electron chi connectivity index (χ0n) is 15.8. The molecule has 28 heavy (non-hydrogen) atoms. The Hall–Kier alpha value is -2.81. The molecule has 2 heterocycles. The summed E-state index contributed by atoms with van der Waals surface area (Å²) < 4.78 is 7.36. The SMILES string of the molecule is CC(Oc1ccc(-n2cnnn2)cc1)C(=O)N(C(=O)C1CCCNC1)C1CC1. The van der Waals surface area contributed by atoms with Crippen LogP contribution in [0.1, 0.15) is 32.6 Å². The van der Waals surface area contributed by atoms with Crippen LogP contribution in [0.4, 0.5) is 0 Å². The van der Waals surface area contributed by atoms with Gasteiger partial charge in [-0.25, -0.2) is 4.68 Å². The highest BCUT2D eigenvalue weighted by molar-refractivity contribution is 5.99. The van der Waals surface area contributed by atoms with Gasteiger partial charge in [-0.1, -0.05) is 0 Å². The first kappa shape index (κ1) is 18.5. The molecule has 0 bridgehead atoms. The number of tetrazole rings is 1. The number of imide groups is 1. The average molecular weight is 384 g/mol. The number of hydrogen-bond donors (Lipinski definition) is 1. The Balaban J connectivity index is 1.41. The lowest BCUT2D eigenvalue weighted by Gasteiger charge is -2.30. The third-order valence-corrected chi connectivity index (χ3v) is 5.14. The van der Waals surface area contributed by atoms with E-state index in [0.717, 1.165) is 37.9 Å². The summed E-state index contributed by atoms with van der Waals surface area (Å²) in [5.74, 6) is 0.105. The van der Waals surface area contributed by atoms with Crippen molar-refractivity contribution >= 4 is 11.8 Å². The van der Waals surface area contributed by atoms with Crippen LogP contribution in [-0.2, 0) is 9.59 Å². The van der Waals surface area contributed by atoms with E-state index < -0.39 is 6.10 Å². The van der Waals surface area contributed by atoms with E-state index in [1.54, 1.807) is 31.2 Å². The molecular formula is C19H24N6O3. The zero-order valence-corrected chi connectivity index (χ0v) is 15.8. The Kier molecular flexibility index (Phi) is 5.34. The van der Waals surface area contributed by atoms with Gasteiger partial charge in [-0.05, 0) is 73.8 Å². The van der Waals surface area contributed by atoms with Crippen LogP contribution in [0.2, 0.25) is 0 Å². The van der Waals surface area contributed by atoms with E-state index in [9.17, 15) is 9.59 Å². The van der Waals surface area contributed by atoms with Crippen molar-refractivity contribution in [2.24, 2.45) is 5.92 Å². The molecule has 2 atom stereocenters. The van der Waals surface area contributed by atoms with Crippen LogP contribution in [0.25, 0.3) is 5.69 Å². The molecule has 9 heteroatoms. The number of hydrogen-bond acceptors (Lipinski definition) is 7. The number of amides is 2. The van der Waals surface area contributed by atoms with Gasteiger partial charge in [0.15, 0.2) is 6.10 Å². The molecule has 2 aromatic rings. The first-order chi connectivity index (χ1) is 13.6. The monoisotopic (exact) mass is 384 g/mol. The van der Waals surface area contributed by atoms with Gasteiger partial charge in [0.2, 0.25) is 5.91 Å². The van der Waals surface area contributed by atoms with Crippen molar-refractivity contribution in [3.8, 4) is 11.4 Å². The van der Waals surface area contributed by atoms with E-state index in [0.29, 0.717) is 12.3 Å². The van der Waals surface area contributed by atoms with Gasteiger partial charge in [0.25, 0.3) is 5.91 Å². The lowest BCUT2D eigenvalue weighted by molar-refractivity contribution is -0.152. The van der Waals surface area contributed by atoms with Crippen molar-refractivity contribution in [3.05, 3.63) is 30.6 Å². The molecule has 1 saturated heterocycles. The molecule has 2 aliphatic rings. The molecule has 2 unspecified atom stereocenters. The van der Waals surface area contributed by atoms with Crippen molar-refractivity contribution in [3.63, 3.8) is 0 Å². The highest BCUT2D eigenvalue weighted by Crippen LogP contribution is 2.30. The van der Waals surface area contributed by atoms with E-state index in [-0.39, 0.29) is 23.8 Å². The van der Waals surface area contributed by atoms with Crippen LogP contribution < -0.4 is 10.1 Å². The fourth-order valence-corrected chi connectivity index (χ4v) is 3.47. The topological polar surface area (TPSA) is 102 Å². The zero-order chi connectivity index (χ0) is 19.5. The van der Waals surface area contributed by atoms with Gasteiger partial charge in [0, 0.05) is 12.6 Å². The van der Waals surface area contributed by atoms with E-state index >= 15 is 0 Å². The van der Waals surface area contributed by atoms with Crippen LogP contribution in [0, 0.1) is 5.92 Å². The van der Waals surface area contributed by atoms with E-state index in [1.807, 2.05) is 0 Å². The molecule has 1 saturated carbocycles. The number of benzene rings is 1. The summed E-state index contributed by atoms with van der Waals surface area (Å²) in [6.45, 7) is 3.27. The molecule has 1 N–H and O–H groups in total. The molecule has 0 radical (unpaired) electrons. The second-order valence-corrected chi connectivity index (χ2v) is 7.33. The van der Waals surface area contributed by atoms with Gasteiger partial charge in [0.1, 0.15) is 12.1 Å². The molecule has 1 aromatic carbocycles. The van der Waals surface area contributed by atoms with Gasteiger partial charge < -0.3 is 10.1 Å². The van der Waals surface area contributed by atoms with Crippen molar-refractivity contribution < 1.29 is 14.3 Å². The maximum Gasteiger partial charge on any atom is 0.270 e. The number of rotatable bonds is 6. The summed E-state index contributed by atoms with van der Waals surface area (Å²) in [7, 11) is 0. The lowest BCUT2D eigenvalue weighted by Crippen LogP contribution is -2.50. The minimum atomic E-state index is -0.736. The van der Waals surface area contributed by atoms with Gasteiger partial charge in [-0.2, -0.15) is 0 Å². The van der Waals surface area contributed by atoms with Gasteiger partial charge in [-0.15, -0.1) is 5.10 Å². The van der Waals surface area contributed by atoms with Crippen molar-refractivity contribution in [2.45, 2.75) is 44.8 Å². The fourth-order valence-electron chi connectivity index (χ4n) is 3.47. The largest absolute Gasteiger partial charge is 0.481 e. The average Bonchev–Trinajstić information content (AvgIpc) is 3.40. The number of aromatic nitrogens is 4. The predicted octanol–water partition coefficient (Wildman–Crippen LogP) is 0.947. The molecule has 1 aliphatic heterocycles. The number of nitrogens with one attached hydrogen (secondary N) is 1. The van der Waals surface area contributed by atoms with Gasteiger partial charge in [0.05, 0.1) is 11.6 Å². The second kappa shape index (κ2) is 8.05. The lowest BCUT2D eigenvalue weighted by atomic mass is 9.97. The highest BCUT2D eigenvalue weighted by atomic mass is 16.5. The molecule has 1 aromatic heterocycles. The van der Waals surface area contributed by atoms with Crippen LogP contribution in [0.5, 0.6) is 5.75 Å². The normalized spacial score (nSPS) is 20.4. The molecule has 148 valence electrons. The van der Waals surface area contributed by atoms with Crippen LogP contribution in [-0.4, -0.2) is 62.2 Å². The molecule has 2 fully saturated rings. The van der Waals surface area contributed by atoms with E-state index in [2.05, 4.69) is 20.8 Å². The standard InChI is InChI=1S/C19H24N6O3/c1-13(28-17-8-6-15(7-9-17)24-12-21-22-23-24)18(26)25(16-4-5-16)19(27)14-3-2-10-20-11-14/h6-9,12-14,16,20H,2-5,10-11H2,1H3. The number of piperidine rings is 1. The number of carbonyl (C=O) groups is 2. The Labute approximate surface area is 163 Å². The van der Waals surface area contributed by atoms with Crippen molar-refractivity contribution in [1.29, 1.82) is 0 Å². The molecule has 9 nitrogen and oxygen atoms in total. The van der Waals surface area contributed by atoms with Crippen LogP contribution in [0.3, 0.4) is 0 Å². The molecule has 4 rings (SSSR count). The van der Waals surface area contributed by atoms with Crippen molar-refractivity contribution in [1.82, 2.24) is 30.4 Å². The number of carbonyl (C=O) groups excluding carboxylic acids is 2. The quantitative estimate of drug-likeness (QED) is 0.791. The molecular weight excluding hydrogens is 360 g/mol. The van der Waals surface area contributed by atoms with Gasteiger partial charge >= 0.3 is 0 Å². The number of ether oxygens (including phenoxy) is 1. The Bertz CT molecular complexity index is 813. The van der Waals surface area contributed by atoms with Crippen LogP contribution in [0.15, 0.2) is 30.6 Å². The summed E-state index contributed by atoms with van der Waals surface area (Å²) in [4.78, 5) is 27.4. The van der Waals surface area contributed by atoms with E-state index in [4.69, 9.17) is 4.74 Å². The smallest absolute Gasteiger partial charge is 0.270 e. The summed E-state index contributed by atoms with van der Waals surface area (Å²) in [5.41, 5.74) is 0.788. The molecule has 1 aliphatic carbocycles. The maximum atomic E-state index is 13.0. The van der Waals surface area contributed by atoms with E-state index in [1.165, 1.54) is 15.9 Å². The summed E-state index contributed by atoms with van der Waals surface area (Å²) >= 11 is 0. The van der Waals surface area contributed by atoms with Gasteiger partial charge in [-0.3, -0.25) is 14.5 Å². The maximum absolute atomic E-state index is 13.0. The third kappa shape index (κ3) is 4.04. The summed E-state index contributed by atoms with van der Waals surface area (Å²) in [5, 5.41) is 14.3. The Morgan fingerprint density at radius 3 is 2.64 bits per heavy atom. The highest BCUT2D eigenvalue weighted by Gasteiger charge is 2.42. The molecule has 0 spiro atoms. The number of nitrogens with zero attached hydrogens (tertiary/aromatic N) is 5. The fraction of sp³-hybridized carbons (Fsp3) is 0.526.